The van der Waals surface area contributed by atoms with E-state index >= 15 is 0 Å². The van der Waals surface area contributed by atoms with Gasteiger partial charge in [-0.3, -0.25) is 9.36 Å². The molecule has 0 unspecified atom stereocenters. The first-order chi connectivity index (χ1) is 16.0. The summed E-state index contributed by atoms with van der Waals surface area (Å²) in [6.07, 6.45) is 1.69. The molecule has 0 aliphatic rings. The Morgan fingerprint density at radius 3 is 2.45 bits per heavy atom. The van der Waals surface area contributed by atoms with Crippen LogP contribution in [0.4, 0.5) is 4.39 Å². The average Bonchev–Trinajstić information content (AvgIpc) is 3.30. The summed E-state index contributed by atoms with van der Waals surface area (Å²) in [5, 5.41) is 5.26. The van der Waals surface area contributed by atoms with Crippen LogP contribution in [-0.2, 0) is 0 Å². The number of ether oxygens (including phenoxy) is 1. The van der Waals surface area contributed by atoms with Crippen LogP contribution in [0.25, 0.3) is 39.3 Å². The van der Waals surface area contributed by atoms with Crippen molar-refractivity contribution in [3.05, 3.63) is 95.2 Å². The molecule has 0 radical (unpaired) electrons. The maximum absolute atomic E-state index is 13.8. The molecule has 0 atom stereocenters. The van der Waals surface area contributed by atoms with E-state index in [4.69, 9.17) is 9.26 Å². The van der Waals surface area contributed by atoms with Gasteiger partial charge < -0.3 is 9.26 Å². The van der Waals surface area contributed by atoms with Gasteiger partial charge >= 0.3 is 0 Å². The second kappa shape index (κ2) is 8.35. The van der Waals surface area contributed by atoms with E-state index in [1.165, 1.54) is 16.7 Å². The Balaban J connectivity index is 1.61. The van der Waals surface area contributed by atoms with Crippen LogP contribution in [0.2, 0.25) is 0 Å². The van der Waals surface area contributed by atoms with Crippen LogP contribution in [0.1, 0.15) is 13.8 Å². The molecule has 0 fully saturated rings. The van der Waals surface area contributed by atoms with Gasteiger partial charge in [0, 0.05) is 22.5 Å². The van der Waals surface area contributed by atoms with E-state index in [1.54, 1.807) is 30.5 Å². The van der Waals surface area contributed by atoms with Gasteiger partial charge in [-0.1, -0.05) is 29.4 Å². The Kier molecular flexibility index (Phi) is 5.22. The monoisotopic (exact) mass is 441 g/mol. The predicted octanol–water partition coefficient (Wildman–Crippen LogP) is 5.63. The Bertz CT molecular complexity index is 1500. The number of aromatic nitrogens is 3. The van der Waals surface area contributed by atoms with Gasteiger partial charge in [-0.05, 0) is 62.4 Å². The molecule has 2 heterocycles. The van der Waals surface area contributed by atoms with Crippen LogP contribution in [0.15, 0.2) is 88.3 Å². The number of benzene rings is 3. The first-order valence-corrected chi connectivity index (χ1v) is 10.5. The zero-order valence-electron chi connectivity index (χ0n) is 18.0. The molecule has 3 aromatic carbocycles. The molecular weight excluding hydrogens is 421 g/mol. The van der Waals surface area contributed by atoms with Crippen molar-refractivity contribution in [1.82, 2.24) is 14.7 Å². The minimum absolute atomic E-state index is 0.0784. The van der Waals surface area contributed by atoms with E-state index < -0.39 is 5.82 Å². The zero-order valence-corrected chi connectivity index (χ0v) is 18.0. The lowest BCUT2D eigenvalue weighted by atomic mass is 10.1. The number of nitrogens with zero attached hydrogens (tertiary/aromatic N) is 3. The summed E-state index contributed by atoms with van der Waals surface area (Å²) in [7, 11) is 0. The van der Waals surface area contributed by atoms with E-state index in [2.05, 4.69) is 10.1 Å². The molecule has 0 aliphatic heterocycles. The molecule has 5 aromatic rings. The van der Waals surface area contributed by atoms with Gasteiger partial charge in [0.05, 0.1) is 17.4 Å². The van der Waals surface area contributed by atoms with Crippen molar-refractivity contribution in [2.45, 2.75) is 20.0 Å². The Hall–Kier alpha value is -4.26. The van der Waals surface area contributed by atoms with Crippen molar-refractivity contribution >= 4 is 10.8 Å². The molecule has 0 saturated heterocycles. The second-order valence-corrected chi connectivity index (χ2v) is 7.86. The highest BCUT2D eigenvalue weighted by Crippen LogP contribution is 2.29. The third-order valence-electron chi connectivity index (χ3n) is 5.15. The lowest BCUT2D eigenvalue weighted by molar-refractivity contribution is 0.242. The number of halogens is 1. The minimum Gasteiger partial charge on any atom is -0.491 e. The van der Waals surface area contributed by atoms with E-state index in [0.717, 1.165) is 11.3 Å². The number of rotatable bonds is 5. The van der Waals surface area contributed by atoms with Crippen molar-refractivity contribution in [3.8, 4) is 34.3 Å². The van der Waals surface area contributed by atoms with E-state index in [0.29, 0.717) is 27.8 Å². The highest BCUT2D eigenvalue weighted by atomic mass is 19.1. The SMILES string of the molecule is CC(C)Oc1ccc(-c2noc(-c3cn(-c4cccc(F)c4)c(=O)c4ccccc34)n2)cc1. The van der Waals surface area contributed by atoms with Crippen LogP contribution in [0.5, 0.6) is 5.75 Å². The lowest BCUT2D eigenvalue weighted by Crippen LogP contribution is -2.18. The fourth-order valence-corrected chi connectivity index (χ4v) is 3.68. The third-order valence-corrected chi connectivity index (χ3v) is 5.15. The van der Waals surface area contributed by atoms with Gasteiger partial charge in [-0.25, -0.2) is 4.39 Å². The second-order valence-electron chi connectivity index (χ2n) is 7.86. The molecule has 33 heavy (non-hydrogen) atoms. The van der Waals surface area contributed by atoms with Crippen LogP contribution < -0.4 is 10.3 Å². The summed E-state index contributed by atoms with van der Waals surface area (Å²) >= 11 is 0. The predicted molar refractivity (Wildman–Crippen MR) is 124 cm³/mol. The molecule has 2 aromatic heterocycles. The van der Waals surface area contributed by atoms with Gasteiger partial charge in [0.25, 0.3) is 11.4 Å². The fourth-order valence-electron chi connectivity index (χ4n) is 3.68. The molecular formula is C26H20FN3O3. The van der Waals surface area contributed by atoms with Crippen LogP contribution in [0, 0.1) is 5.82 Å². The van der Waals surface area contributed by atoms with Crippen molar-refractivity contribution in [3.63, 3.8) is 0 Å². The molecule has 0 spiro atoms. The topological polar surface area (TPSA) is 70.2 Å². The summed E-state index contributed by atoms with van der Waals surface area (Å²) in [6.45, 7) is 3.93. The van der Waals surface area contributed by atoms with Crippen molar-refractivity contribution in [2.75, 3.05) is 0 Å². The first-order valence-electron chi connectivity index (χ1n) is 10.5. The average molecular weight is 441 g/mol. The molecule has 0 amide bonds. The van der Waals surface area contributed by atoms with Gasteiger partial charge in [-0.2, -0.15) is 4.98 Å². The third kappa shape index (κ3) is 4.01. The highest BCUT2D eigenvalue weighted by Gasteiger charge is 2.17. The normalized spacial score (nSPS) is 11.3. The zero-order chi connectivity index (χ0) is 22.9. The number of pyridine rings is 1. The standard InChI is InChI=1S/C26H20FN3O3/c1-16(2)32-20-12-10-17(11-13-20)24-28-25(33-29-24)23-15-30(19-7-5-6-18(27)14-19)26(31)22-9-4-3-8-21(22)23/h3-16H,1-2H3. The van der Waals surface area contributed by atoms with Gasteiger partial charge in [0.2, 0.25) is 5.82 Å². The van der Waals surface area contributed by atoms with Crippen molar-refractivity contribution in [2.24, 2.45) is 0 Å². The maximum atomic E-state index is 13.8. The smallest absolute Gasteiger partial charge is 0.262 e. The summed E-state index contributed by atoms with van der Waals surface area (Å²) in [5.74, 6) is 0.993. The molecule has 0 saturated carbocycles. The van der Waals surface area contributed by atoms with E-state index in [1.807, 2.05) is 50.2 Å². The first kappa shape index (κ1) is 20.6. The summed E-state index contributed by atoms with van der Waals surface area (Å²) in [5.41, 5.74) is 1.49. The quantitative estimate of drug-likeness (QED) is 0.353. The van der Waals surface area contributed by atoms with Gasteiger partial charge in [0.15, 0.2) is 0 Å². The maximum Gasteiger partial charge on any atom is 0.262 e. The van der Waals surface area contributed by atoms with Crippen LogP contribution in [-0.4, -0.2) is 20.8 Å². The largest absolute Gasteiger partial charge is 0.491 e. The van der Waals surface area contributed by atoms with Crippen LogP contribution in [0.3, 0.4) is 0 Å². The molecule has 0 bridgehead atoms. The summed E-state index contributed by atoms with van der Waals surface area (Å²) in [6, 6.07) is 20.5. The fraction of sp³-hybridized carbons (Fsp3) is 0.115. The molecule has 164 valence electrons. The Morgan fingerprint density at radius 1 is 0.970 bits per heavy atom. The molecule has 0 aliphatic carbocycles. The number of hydrogen-bond donors (Lipinski definition) is 0. The van der Waals surface area contributed by atoms with E-state index in [-0.39, 0.29) is 17.6 Å². The molecule has 0 N–H and O–H groups in total. The molecule has 6 nitrogen and oxygen atoms in total. The van der Waals surface area contributed by atoms with E-state index in [9.17, 15) is 9.18 Å². The summed E-state index contributed by atoms with van der Waals surface area (Å²) in [4.78, 5) is 17.7. The Morgan fingerprint density at radius 2 is 1.73 bits per heavy atom. The van der Waals surface area contributed by atoms with Crippen molar-refractivity contribution < 1.29 is 13.7 Å². The van der Waals surface area contributed by atoms with Crippen LogP contribution >= 0.6 is 0 Å². The van der Waals surface area contributed by atoms with Gasteiger partial charge in [0.1, 0.15) is 11.6 Å². The summed E-state index contributed by atoms with van der Waals surface area (Å²) < 4.78 is 26.5. The minimum atomic E-state index is -0.431. The molecule has 7 heteroatoms. The van der Waals surface area contributed by atoms with Crippen molar-refractivity contribution in [1.29, 1.82) is 0 Å². The highest BCUT2D eigenvalue weighted by molar-refractivity contribution is 5.94. The number of fused-ring (bicyclic) bond motifs is 1. The Labute approximate surface area is 188 Å². The number of hydrogen-bond acceptors (Lipinski definition) is 5. The molecule has 5 rings (SSSR count). The van der Waals surface area contributed by atoms with Gasteiger partial charge in [-0.15, -0.1) is 0 Å². The lowest BCUT2D eigenvalue weighted by Gasteiger charge is -2.10.